The second-order valence-corrected chi connectivity index (χ2v) is 4.74. The van der Waals surface area contributed by atoms with Gasteiger partial charge in [0.1, 0.15) is 17.2 Å². The molecule has 0 atom stereocenters. The van der Waals surface area contributed by atoms with Crippen LogP contribution in [0.5, 0.6) is 11.5 Å². The van der Waals surface area contributed by atoms with E-state index >= 15 is 0 Å². The van der Waals surface area contributed by atoms with Gasteiger partial charge in [-0.2, -0.15) is 0 Å². The molecule has 0 bridgehead atoms. The van der Waals surface area contributed by atoms with Crippen LogP contribution in [-0.4, -0.2) is 31.0 Å². The van der Waals surface area contributed by atoms with Crippen LogP contribution in [0.1, 0.15) is 18.1 Å². The average molecular weight is 287 g/mol. The normalized spacial score (nSPS) is 10.3. The van der Waals surface area contributed by atoms with Gasteiger partial charge in [0.15, 0.2) is 5.82 Å². The molecule has 1 aromatic carbocycles. The summed E-state index contributed by atoms with van der Waals surface area (Å²) in [6.07, 6.45) is 0. The van der Waals surface area contributed by atoms with Gasteiger partial charge in [-0.15, -0.1) is 10.2 Å². The number of hydrogen-bond acceptors (Lipinski definition) is 5. The van der Waals surface area contributed by atoms with Gasteiger partial charge in [-0.1, -0.05) is 0 Å². The fourth-order valence-electron chi connectivity index (χ4n) is 2.20. The maximum Gasteiger partial charge on any atom is 0.151 e. The van der Waals surface area contributed by atoms with Crippen LogP contribution in [0.2, 0.25) is 0 Å². The lowest BCUT2D eigenvalue weighted by Crippen LogP contribution is -2.06. The molecule has 1 aromatic heterocycles. The van der Waals surface area contributed by atoms with E-state index in [2.05, 4.69) is 15.5 Å². The molecule has 0 saturated heterocycles. The van der Waals surface area contributed by atoms with Gasteiger partial charge in [-0.25, -0.2) is 0 Å². The summed E-state index contributed by atoms with van der Waals surface area (Å²) >= 11 is 0. The number of hydrogen-bond donors (Lipinski definition) is 1. The predicted octanol–water partition coefficient (Wildman–Crippen LogP) is 3.21. The highest BCUT2D eigenvalue weighted by Crippen LogP contribution is 2.35. The summed E-state index contributed by atoms with van der Waals surface area (Å²) < 4.78 is 10.7. The van der Waals surface area contributed by atoms with Gasteiger partial charge >= 0.3 is 0 Å². The molecule has 0 aliphatic carbocycles. The first kappa shape index (κ1) is 15.1. The zero-order chi connectivity index (χ0) is 15.4. The van der Waals surface area contributed by atoms with Crippen molar-refractivity contribution in [3.05, 3.63) is 29.3 Å². The maximum atomic E-state index is 5.43. The molecule has 2 rings (SSSR count). The molecule has 0 amide bonds. The first-order valence-electron chi connectivity index (χ1n) is 6.92. The molecule has 2 aromatic rings. The van der Waals surface area contributed by atoms with E-state index in [4.69, 9.17) is 9.47 Å². The molecule has 5 heteroatoms. The minimum atomic E-state index is 0.754. The standard InChI is InChI=1S/C16H21N3O2/c1-6-17-16-11(3)10(2)15(18-19-16)13-9-12(20-4)7-8-14(13)21-5/h7-9H,6H2,1-5H3,(H,17,19). The van der Waals surface area contributed by atoms with E-state index in [0.29, 0.717) is 0 Å². The smallest absolute Gasteiger partial charge is 0.151 e. The van der Waals surface area contributed by atoms with Gasteiger partial charge in [0.25, 0.3) is 0 Å². The van der Waals surface area contributed by atoms with Crippen molar-refractivity contribution in [2.75, 3.05) is 26.1 Å². The van der Waals surface area contributed by atoms with Gasteiger partial charge < -0.3 is 14.8 Å². The number of anilines is 1. The number of rotatable bonds is 5. The summed E-state index contributed by atoms with van der Waals surface area (Å²) in [5.74, 6) is 2.34. The fourth-order valence-corrected chi connectivity index (χ4v) is 2.20. The minimum Gasteiger partial charge on any atom is -0.497 e. The highest BCUT2D eigenvalue weighted by Gasteiger charge is 2.15. The molecular weight excluding hydrogens is 266 g/mol. The first-order valence-corrected chi connectivity index (χ1v) is 6.92. The minimum absolute atomic E-state index is 0.754. The van der Waals surface area contributed by atoms with Crippen LogP contribution in [0.25, 0.3) is 11.3 Å². The van der Waals surface area contributed by atoms with Gasteiger partial charge in [-0.3, -0.25) is 0 Å². The maximum absolute atomic E-state index is 5.43. The van der Waals surface area contributed by atoms with E-state index in [-0.39, 0.29) is 0 Å². The van der Waals surface area contributed by atoms with E-state index in [0.717, 1.165) is 46.2 Å². The number of aromatic nitrogens is 2. The molecule has 5 nitrogen and oxygen atoms in total. The Morgan fingerprint density at radius 1 is 1.05 bits per heavy atom. The molecule has 0 unspecified atom stereocenters. The average Bonchev–Trinajstić information content (AvgIpc) is 2.51. The monoisotopic (exact) mass is 287 g/mol. The van der Waals surface area contributed by atoms with E-state index in [1.54, 1.807) is 14.2 Å². The lowest BCUT2D eigenvalue weighted by Gasteiger charge is -2.14. The number of benzene rings is 1. The number of nitrogens with one attached hydrogen (secondary N) is 1. The second kappa shape index (κ2) is 6.43. The molecule has 112 valence electrons. The Balaban J connectivity index is 2.58. The Morgan fingerprint density at radius 3 is 2.43 bits per heavy atom. The van der Waals surface area contributed by atoms with Crippen LogP contribution < -0.4 is 14.8 Å². The third-order valence-corrected chi connectivity index (χ3v) is 3.53. The summed E-state index contributed by atoms with van der Waals surface area (Å²) in [6.45, 7) is 6.93. The predicted molar refractivity (Wildman–Crippen MR) is 84.2 cm³/mol. The van der Waals surface area contributed by atoms with Crippen molar-refractivity contribution >= 4 is 5.82 Å². The Bertz CT molecular complexity index is 642. The van der Waals surface area contributed by atoms with E-state index < -0.39 is 0 Å². The summed E-state index contributed by atoms with van der Waals surface area (Å²) in [5.41, 5.74) is 3.86. The molecule has 1 N–H and O–H groups in total. The summed E-state index contributed by atoms with van der Waals surface area (Å²) in [6, 6.07) is 5.66. The van der Waals surface area contributed by atoms with Crippen LogP contribution in [-0.2, 0) is 0 Å². The van der Waals surface area contributed by atoms with Crippen LogP contribution in [0.15, 0.2) is 18.2 Å². The Hall–Kier alpha value is -2.30. The molecule has 0 fully saturated rings. The zero-order valence-corrected chi connectivity index (χ0v) is 13.2. The zero-order valence-electron chi connectivity index (χ0n) is 13.2. The van der Waals surface area contributed by atoms with Crippen molar-refractivity contribution in [1.82, 2.24) is 10.2 Å². The largest absolute Gasteiger partial charge is 0.497 e. The molecule has 0 spiro atoms. The van der Waals surface area contributed by atoms with Crippen LogP contribution in [0, 0.1) is 13.8 Å². The molecule has 0 aliphatic heterocycles. The second-order valence-electron chi connectivity index (χ2n) is 4.74. The topological polar surface area (TPSA) is 56.3 Å². The quantitative estimate of drug-likeness (QED) is 0.915. The van der Waals surface area contributed by atoms with Crippen molar-refractivity contribution in [2.45, 2.75) is 20.8 Å². The van der Waals surface area contributed by atoms with Crippen molar-refractivity contribution < 1.29 is 9.47 Å². The lowest BCUT2D eigenvalue weighted by molar-refractivity contribution is 0.404. The van der Waals surface area contributed by atoms with Gasteiger partial charge in [-0.05, 0) is 50.1 Å². The molecule has 0 aliphatic rings. The number of nitrogens with zero attached hydrogens (tertiary/aromatic N) is 2. The Kier molecular flexibility index (Phi) is 4.62. The number of ether oxygens (including phenoxy) is 2. The number of methoxy groups -OCH3 is 2. The van der Waals surface area contributed by atoms with Crippen LogP contribution in [0.4, 0.5) is 5.82 Å². The highest BCUT2D eigenvalue weighted by molar-refractivity contribution is 5.73. The molecular formula is C16H21N3O2. The van der Waals surface area contributed by atoms with Crippen LogP contribution >= 0.6 is 0 Å². The van der Waals surface area contributed by atoms with Gasteiger partial charge in [0, 0.05) is 12.1 Å². The summed E-state index contributed by atoms with van der Waals surface area (Å²) in [5, 5.41) is 11.9. The van der Waals surface area contributed by atoms with Crippen molar-refractivity contribution in [3.63, 3.8) is 0 Å². The van der Waals surface area contributed by atoms with Crippen molar-refractivity contribution in [1.29, 1.82) is 0 Å². The van der Waals surface area contributed by atoms with Gasteiger partial charge in [0.05, 0.1) is 14.2 Å². The Labute approximate surface area is 125 Å². The van der Waals surface area contributed by atoms with E-state index in [1.165, 1.54) is 0 Å². The summed E-state index contributed by atoms with van der Waals surface area (Å²) in [7, 11) is 3.29. The van der Waals surface area contributed by atoms with Crippen molar-refractivity contribution in [2.24, 2.45) is 0 Å². The van der Waals surface area contributed by atoms with E-state index in [9.17, 15) is 0 Å². The van der Waals surface area contributed by atoms with Crippen molar-refractivity contribution in [3.8, 4) is 22.8 Å². The lowest BCUT2D eigenvalue weighted by atomic mass is 10.0. The summed E-state index contributed by atoms with van der Waals surface area (Å²) in [4.78, 5) is 0. The molecule has 1 heterocycles. The molecule has 0 radical (unpaired) electrons. The third-order valence-electron chi connectivity index (χ3n) is 3.53. The van der Waals surface area contributed by atoms with E-state index in [1.807, 2.05) is 39.0 Å². The molecule has 0 saturated carbocycles. The van der Waals surface area contributed by atoms with Crippen LogP contribution in [0.3, 0.4) is 0 Å². The Morgan fingerprint density at radius 2 is 1.81 bits per heavy atom. The fraction of sp³-hybridized carbons (Fsp3) is 0.375. The third kappa shape index (κ3) is 2.91. The van der Waals surface area contributed by atoms with Gasteiger partial charge in [0.2, 0.25) is 0 Å². The highest BCUT2D eigenvalue weighted by atomic mass is 16.5. The first-order chi connectivity index (χ1) is 10.1. The SMILES string of the molecule is CCNc1nnc(-c2cc(OC)ccc2OC)c(C)c1C. The molecule has 21 heavy (non-hydrogen) atoms.